The molecule has 0 radical (unpaired) electrons. The van der Waals surface area contributed by atoms with Crippen molar-refractivity contribution in [3.05, 3.63) is 52.9 Å². The largest absolute Gasteiger partial charge is 0.411 e. The maximum Gasteiger partial charge on any atom is 0.220 e. The predicted molar refractivity (Wildman–Crippen MR) is 72.2 cm³/mol. The van der Waals surface area contributed by atoms with E-state index in [1.807, 2.05) is 0 Å². The van der Waals surface area contributed by atoms with Gasteiger partial charge in [-0.15, -0.1) is 0 Å². The van der Waals surface area contributed by atoms with E-state index in [1.54, 1.807) is 0 Å². The Morgan fingerprint density at radius 1 is 1.29 bits per heavy atom. The smallest absolute Gasteiger partial charge is 0.220 e. The summed E-state index contributed by atoms with van der Waals surface area (Å²) in [6, 6.07) is 3.45. The SMILES string of the molecule is Nc1ncc2c(n1)CC(c1ccc(F)cc1F)CC2=NO. The summed E-state index contributed by atoms with van der Waals surface area (Å²) >= 11 is 0. The maximum atomic E-state index is 13.9. The van der Waals surface area contributed by atoms with E-state index in [0.29, 0.717) is 35.4 Å². The van der Waals surface area contributed by atoms with Gasteiger partial charge in [-0.25, -0.2) is 18.7 Å². The number of oxime groups is 1. The summed E-state index contributed by atoms with van der Waals surface area (Å²) in [7, 11) is 0. The van der Waals surface area contributed by atoms with Crippen molar-refractivity contribution in [2.24, 2.45) is 5.16 Å². The lowest BCUT2D eigenvalue weighted by molar-refractivity contribution is 0.316. The van der Waals surface area contributed by atoms with Crippen LogP contribution in [-0.4, -0.2) is 20.9 Å². The van der Waals surface area contributed by atoms with Gasteiger partial charge in [0.1, 0.15) is 11.6 Å². The highest BCUT2D eigenvalue weighted by Gasteiger charge is 2.28. The minimum Gasteiger partial charge on any atom is -0.411 e. The molecule has 1 unspecified atom stereocenters. The van der Waals surface area contributed by atoms with Crippen molar-refractivity contribution in [3.8, 4) is 0 Å². The number of hydrogen-bond acceptors (Lipinski definition) is 5. The van der Waals surface area contributed by atoms with Gasteiger partial charge in [-0.1, -0.05) is 11.2 Å². The van der Waals surface area contributed by atoms with E-state index in [-0.39, 0.29) is 11.9 Å². The van der Waals surface area contributed by atoms with E-state index in [2.05, 4.69) is 15.1 Å². The first-order valence-electron chi connectivity index (χ1n) is 6.36. The van der Waals surface area contributed by atoms with Gasteiger partial charge >= 0.3 is 0 Å². The van der Waals surface area contributed by atoms with E-state index >= 15 is 0 Å². The molecule has 21 heavy (non-hydrogen) atoms. The second-order valence-corrected chi connectivity index (χ2v) is 4.91. The number of rotatable bonds is 1. The van der Waals surface area contributed by atoms with Gasteiger partial charge in [-0.3, -0.25) is 0 Å². The van der Waals surface area contributed by atoms with Crippen molar-refractivity contribution < 1.29 is 14.0 Å². The zero-order chi connectivity index (χ0) is 15.0. The minimum absolute atomic E-state index is 0.103. The topological polar surface area (TPSA) is 84.4 Å². The van der Waals surface area contributed by atoms with Gasteiger partial charge in [-0.05, 0) is 24.0 Å². The molecule has 0 spiro atoms. The molecule has 1 aromatic heterocycles. The average Bonchev–Trinajstić information content (AvgIpc) is 2.45. The molecule has 5 nitrogen and oxygen atoms in total. The molecule has 3 rings (SSSR count). The van der Waals surface area contributed by atoms with Crippen molar-refractivity contribution in [1.82, 2.24) is 9.97 Å². The maximum absolute atomic E-state index is 13.9. The molecule has 2 aromatic rings. The molecule has 108 valence electrons. The van der Waals surface area contributed by atoms with Crippen molar-refractivity contribution in [1.29, 1.82) is 0 Å². The van der Waals surface area contributed by atoms with Crippen molar-refractivity contribution >= 4 is 11.7 Å². The fourth-order valence-corrected chi connectivity index (χ4v) is 2.63. The number of halogens is 2. The monoisotopic (exact) mass is 290 g/mol. The molecule has 0 saturated heterocycles. The van der Waals surface area contributed by atoms with Crippen LogP contribution in [0.15, 0.2) is 29.6 Å². The number of anilines is 1. The molecule has 0 aliphatic heterocycles. The van der Waals surface area contributed by atoms with Crippen molar-refractivity contribution in [2.75, 3.05) is 5.73 Å². The summed E-state index contributed by atoms with van der Waals surface area (Å²) in [5.74, 6) is -1.44. The van der Waals surface area contributed by atoms with Crippen LogP contribution in [0.5, 0.6) is 0 Å². The summed E-state index contributed by atoms with van der Waals surface area (Å²) in [5.41, 5.74) is 7.48. The third-order valence-electron chi connectivity index (χ3n) is 3.60. The molecule has 3 N–H and O–H groups in total. The van der Waals surface area contributed by atoms with Crippen LogP contribution in [0, 0.1) is 11.6 Å². The van der Waals surface area contributed by atoms with Gasteiger partial charge in [0.05, 0.1) is 11.4 Å². The summed E-state index contributed by atoms with van der Waals surface area (Å²) in [5, 5.41) is 12.4. The lowest BCUT2D eigenvalue weighted by Crippen LogP contribution is -2.22. The van der Waals surface area contributed by atoms with Crippen LogP contribution in [0.1, 0.15) is 29.2 Å². The third kappa shape index (κ3) is 2.42. The Kier molecular flexibility index (Phi) is 3.25. The highest BCUT2D eigenvalue weighted by molar-refractivity contribution is 6.02. The Labute approximate surface area is 119 Å². The number of fused-ring (bicyclic) bond motifs is 1. The molecule has 0 fully saturated rings. The number of benzene rings is 1. The van der Waals surface area contributed by atoms with Crippen LogP contribution in [0.3, 0.4) is 0 Å². The molecule has 0 saturated carbocycles. The van der Waals surface area contributed by atoms with Gasteiger partial charge in [0.15, 0.2) is 0 Å². The van der Waals surface area contributed by atoms with Crippen LogP contribution < -0.4 is 5.73 Å². The fraction of sp³-hybridized carbons (Fsp3) is 0.214. The molecule has 1 atom stereocenters. The number of aromatic nitrogens is 2. The molecule has 1 aromatic carbocycles. The molecule has 1 aliphatic rings. The number of nitrogen functional groups attached to an aromatic ring is 1. The van der Waals surface area contributed by atoms with Gasteiger partial charge < -0.3 is 10.9 Å². The first-order chi connectivity index (χ1) is 10.1. The Morgan fingerprint density at radius 2 is 2.10 bits per heavy atom. The molecule has 0 bridgehead atoms. The van der Waals surface area contributed by atoms with Crippen LogP contribution in [0.4, 0.5) is 14.7 Å². The van der Waals surface area contributed by atoms with Crippen LogP contribution >= 0.6 is 0 Å². The van der Waals surface area contributed by atoms with Gasteiger partial charge in [-0.2, -0.15) is 0 Å². The minimum atomic E-state index is -0.630. The first-order valence-corrected chi connectivity index (χ1v) is 6.36. The normalized spacial score (nSPS) is 19.5. The Hall–Kier alpha value is -2.57. The van der Waals surface area contributed by atoms with Crippen LogP contribution in [0.25, 0.3) is 0 Å². The predicted octanol–water partition coefficient (Wildman–Crippen LogP) is 2.25. The third-order valence-corrected chi connectivity index (χ3v) is 3.60. The molecule has 1 heterocycles. The Morgan fingerprint density at radius 3 is 2.81 bits per heavy atom. The van der Waals surface area contributed by atoms with Gasteiger partial charge in [0.2, 0.25) is 5.95 Å². The van der Waals surface area contributed by atoms with Gasteiger partial charge in [0, 0.05) is 24.2 Å². The lowest BCUT2D eigenvalue weighted by Gasteiger charge is -2.24. The molecule has 0 amide bonds. The summed E-state index contributed by atoms with van der Waals surface area (Å²) in [6.45, 7) is 0. The Balaban J connectivity index is 2.04. The summed E-state index contributed by atoms with van der Waals surface area (Å²) in [4.78, 5) is 7.98. The van der Waals surface area contributed by atoms with E-state index in [9.17, 15) is 8.78 Å². The van der Waals surface area contributed by atoms with E-state index < -0.39 is 11.6 Å². The van der Waals surface area contributed by atoms with Crippen molar-refractivity contribution in [3.63, 3.8) is 0 Å². The second-order valence-electron chi connectivity index (χ2n) is 4.91. The quantitative estimate of drug-likeness (QED) is 0.623. The number of hydrogen-bond donors (Lipinski definition) is 2. The fourth-order valence-electron chi connectivity index (χ4n) is 2.63. The highest BCUT2D eigenvalue weighted by atomic mass is 19.1. The standard InChI is InChI=1S/C14H12F2N4O/c15-8-1-2-9(11(16)5-8)7-3-12-10(13(4-7)20-21)6-18-14(17)19-12/h1-2,5-7,21H,3-4H2,(H2,17,18,19). The van der Waals surface area contributed by atoms with Crippen LogP contribution in [0.2, 0.25) is 0 Å². The van der Waals surface area contributed by atoms with E-state index in [1.165, 1.54) is 18.3 Å². The van der Waals surface area contributed by atoms with E-state index in [4.69, 9.17) is 10.9 Å². The van der Waals surface area contributed by atoms with Gasteiger partial charge in [0.25, 0.3) is 0 Å². The lowest BCUT2D eigenvalue weighted by atomic mass is 9.81. The zero-order valence-corrected chi connectivity index (χ0v) is 10.9. The molecule has 7 heteroatoms. The van der Waals surface area contributed by atoms with E-state index in [0.717, 1.165) is 6.07 Å². The molecular formula is C14H12F2N4O. The van der Waals surface area contributed by atoms with Crippen LogP contribution in [-0.2, 0) is 6.42 Å². The summed E-state index contributed by atoms with van der Waals surface area (Å²) < 4.78 is 26.9. The first kappa shape index (κ1) is 13.4. The second kappa shape index (κ2) is 5.08. The highest BCUT2D eigenvalue weighted by Crippen LogP contribution is 2.33. The number of nitrogens with two attached hydrogens (primary N) is 1. The summed E-state index contributed by atoms with van der Waals surface area (Å²) in [6.07, 6.45) is 2.23. The molecule has 1 aliphatic carbocycles. The number of nitrogens with zero attached hydrogens (tertiary/aromatic N) is 3. The average molecular weight is 290 g/mol. The molecular weight excluding hydrogens is 278 g/mol. The van der Waals surface area contributed by atoms with Crippen molar-refractivity contribution in [2.45, 2.75) is 18.8 Å². The Bertz CT molecular complexity index is 733. The zero-order valence-electron chi connectivity index (χ0n) is 10.9.